The van der Waals surface area contributed by atoms with Crippen molar-refractivity contribution in [1.82, 2.24) is 0 Å². The fraction of sp³-hybridized carbons (Fsp3) is 0.929. The zero-order valence-corrected chi connectivity index (χ0v) is 64.1. The molecule has 3 unspecified atom stereocenters. The predicted molar refractivity (Wildman–Crippen MR) is 400 cm³/mol. The molecule has 96 heavy (non-hydrogen) atoms. The number of hydrogen-bond acceptors (Lipinski definition) is 12. The fourth-order valence-corrected chi connectivity index (χ4v) is 12.9. The molecule has 566 valence electrons. The highest BCUT2D eigenvalue weighted by molar-refractivity contribution is 5.72. The van der Waals surface area contributed by atoms with Crippen LogP contribution in [0.3, 0.4) is 0 Å². The van der Waals surface area contributed by atoms with E-state index >= 15 is 0 Å². The van der Waals surface area contributed by atoms with Crippen LogP contribution >= 0.6 is 0 Å². The van der Waals surface area contributed by atoms with E-state index < -0.39 is 18.3 Å². The van der Waals surface area contributed by atoms with E-state index in [4.69, 9.17) is 28.4 Å². The summed E-state index contributed by atoms with van der Waals surface area (Å²) < 4.78 is 35.3. The number of rotatable bonds is 78. The Morgan fingerprint density at radius 1 is 0.188 bits per heavy atom. The van der Waals surface area contributed by atoms with E-state index in [-0.39, 0.29) is 62.1 Å². The van der Waals surface area contributed by atoms with Gasteiger partial charge in [0, 0.05) is 38.5 Å². The van der Waals surface area contributed by atoms with Gasteiger partial charge < -0.3 is 28.4 Å². The molecule has 0 rings (SSSR count). The van der Waals surface area contributed by atoms with E-state index in [1.807, 2.05) is 0 Å². The highest BCUT2D eigenvalue weighted by atomic mass is 16.6. The van der Waals surface area contributed by atoms with Gasteiger partial charge in [0.15, 0.2) is 12.2 Å². The molecule has 0 radical (unpaired) electrons. The standard InChI is InChI=1S/C84H158O12/c1-6-11-16-21-26-31-34-41-47-55-62-69-81(87)93-75-78(96-84(90)72-65-58-51-43-36-33-28-23-18-13-8-3)77(95-83(89)71-64-57-50-42-35-32-27-22-17-12-7-2)66-59-52-45-40-37-44-48-54-61-68-80(86)92-74-76(94-82(88)70-63-56-49-39-30-25-20-15-10-5)73-91-79(85)67-60-53-46-38-29-24-19-14-9-4/h76-78H,6-75H2,1-5H3. The van der Waals surface area contributed by atoms with Crippen molar-refractivity contribution in [2.75, 3.05) is 19.8 Å². The Hall–Kier alpha value is -3.18. The molecular weight excluding hydrogens is 1200 g/mol. The zero-order valence-electron chi connectivity index (χ0n) is 64.1. The molecule has 0 saturated carbocycles. The first-order valence-electron chi connectivity index (χ1n) is 42.1. The maximum Gasteiger partial charge on any atom is 0.306 e. The summed E-state index contributed by atoms with van der Waals surface area (Å²) in [5.74, 6) is -1.88. The molecule has 12 heteroatoms. The molecule has 0 aliphatic carbocycles. The molecule has 0 aliphatic heterocycles. The van der Waals surface area contributed by atoms with Gasteiger partial charge in [-0.3, -0.25) is 28.8 Å². The van der Waals surface area contributed by atoms with Crippen LogP contribution in [0.15, 0.2) is 0 Å². The van der Waals surface area contributed by atoms with Crippen LogP contribution in [0.2, 0.25) is 0 Å². The average Bonchev–Trinajstić information content (AvgIpc) is 1.88. The number of ether oxygens (including phenoxy) is 6. The lowest BCUT2D eigenvalue weighted by Crippen LogP contribution is -2.39. The van der Waals surface area contributed by atoms with Crippen molar-refractivity contribution in [2.24, 2.45) is 0 Å². The quantitative estimate of drug-likeness (QED) is 0.0323. The zero-order chi connectivity index (χ0) is 69.9. The molecule has 0 amide bonds. The third-order valence-electron chi connectivity index (χ3n) is 19.3. The normalized spacial score (nSPS) is 12.3. The minimum Gasteiger partial charge on any atom is -0.462 e. The van der Waals surface area contributed by atoms with E-state index in [1.54, 1.807) is 0 Å². The first-order valence-corrected chi connectivity index (χ1v) is 42.1. The van der Waals surface area contributed by atoms with Crippen molar-refractivity contribution in [3.8, 4) is 0 Å². The summed E-state index contributed by atoms with van der Waals surface area (Å²) in [5.41, 5.74) is 0. The number of hydrogen-bond donors (Lipinski definition) is 0. The van der Waals surface area contributed by atoms with Crippen molar-refractivity contribution >= 4 is 35.8 Å². The monoisotopic (exact) mass is 1360 g/mol. The van der Waals surface area contributed by atoms with Gasteiger partial charge in [-0.1, -0.05) is 375 Å². The van der Waals surface area contributed by atoms with E-state index in [0.29, 0.717) is 44.9 Å². The van der Waals surface area contributed by atoms with Gasteiger partial charge in [-0.15, -0.1) is 0 Å². The SMILES string of the molecule is CCCCCCCCCCCCCC(=O)OCC(OC(=O)CCCCCCCCCCCCC)C(CCCCCCCCCCCC(=O)OCC(COC(=O)CCCCCCCCCCC)OC(=O)CCCCCCCCCCC)OC(=O)CCCCCCCCCCCCC. The maximum absolute atomic E-state index is 13.6. The summed E-state index contributed by atoms with van der Waals surface area (Å²) in [5, 5.41) is 0. The molecule has 0 saturated heterocycles. The van der Waals surface area contributed by atoms with Crippen LogP contribution in [0.4, 0.5) is 0 Å². The van der Waals surface area contributed by atoms with Crippen molar-refractivity contribution in [3.63, 3.8) is 0 Å². The summed E-state index contributed by atoms with van der Waals surface area (Å²) in [4.78, 5) is 79.1. The van der Waals surface area contributed by atoms with Crippen LogP contribution in [0, 0.1) is 0 Å². The van der Waals surface area contributed by atoms with E-state index in [9.17, 15) is 28.8 Å². The van der Waals surface area contributed by atoms with Crippen LogP contribution < -0.4 is 0 Å². The Balaban J connectivity index is 5.44. The smallest absolute Gasteiger partial charge is 0.306 e. The first kappa shape index (κ1) is 92.8. The molecule has 3 atom stereocenters. The first-order chi connectivity index (χ1) is 47.1. The highest BCUT2D eigenvalue weighted by Gasteiger charge is 2.30. The lowest BCUT2D eigenvalue weighted by Gasteiger charge is -2.27. The maximum atomic E-state index is 13.6. The van der Waals surface area contributed by atoms with E-state index in [0.717, 1.165) is 148 Å². The molecule has 0 fully saturated rings. The number of carbonyl (C=O) groups is 6. The molecule has 0 heterocycles. The molecule has 0 aromatic rings. The van der Waals surface area contributed by atoms with E-state index in [2.05, 4.69) is 34.6 Å². The Bertz CT molecular complexity index is 1700. The van der Waals surface area contributed by atoms with Crippen molar-refractivity contribution < 1.29 is 57.2 Å². The van der Waals surface area contributed by atoms with Gasteiger partial charge in [0.1, 0.15) is 25.9 Å². The van der Waals surface area contributed by atoms with Crippen molar-refractivity contribution in [1.29, 1.82) is 0 Å². The summed E-state index contributed by atoms with van der Waals surface area (Å²) in [7, 11) is 0. The topological polar surface area (TPSA) is 158 Å². The fourth-order valence-electron chi connectivity index (χ4n) is 12.9. The van der Waals surface area contributed by atoms with Crippen molar-refractivity contribution in [2.45, 2.75) is 483 Å². The van der Waals surface area contributed by atoms with E-state index in [1.165, 1.54) is 231 Å². The molecule has 0 spiro atoms. The van der Waals surface area contributed by atoms with Crippen LogP contribution in [0.5, 0.6) is 0 Å². The molecule has 0 aliphatic rings. The Kier molecular flexibility index (Phi) is 73.5. The van der Waals surface area contributed by atoms with Gasteiger partial charge in [-0.2, -0.15) is 0 Å². The van der Waals surface area contributed by atoms with Crippen LogP contribution in [-0.2, 0) is 57.2 Å². The minimum absolute atomic E-state index is 0.110. The Labute approximate surface area is 593 Å². The van der Waals surface area contributed by atoms with Crippen molar-refractivity contribution in [3.05, 3.63) is 0 Å². The van der Waals surface area contributed by atoms with Crippen LogP contribution in [-0.4, -0.2) is 73.9 Å². The second kappa shape index (κ2) is 76.0. The summed E-state index contributed by atoms with van der Waals surface area (Å²) in [6.07, 6.45) is 68.7. The Morgan fingerprint density at radius 3 is 0.604 bits per heavy atom. The second-order valence-corrected chi connectivity index (χ2v) is 29.0. The molecule has 0 aromatic carbocycles. The molecule has 12 nitrogen and oxygen atoms in total. The number of carbonyl (C=O) groups excluding carboxylic acids is 6. The molecule has 0 bridgehead atoms. The number of unbranched alkanes of at least 4 members (excludes halogenated alkanes) is 54. The largest absolute Gasteiger partial charge is 0.462 e. The predicted octanol–water partition coefficient (Wildman–Crippen LogP) is 25.6. The highest BCUT2D eigenvalue weighted by Crippen LogP contribution is 2.23. The van der Waals surface area contributed by atoms with Gasteiger partial charge >= 0.3 is 35.8 Å². The third-order valence-corrected chi connectivity index (χ3v) is 19.3. The van der Waals surface area contributed by atoms with Gasteiger partial charge in [-0.25, -0.2) is 0 Å². The average molecular weight is 1360 g/mol. The summed E-state index contributed by atoms with van der Waals surface area (Å²) in [6.45, 7) is 10.9. The molecular formula is C84H158O12. The van der Waals surface area contributed by atoms with Gasteiger partial charge in [-0.05, 0) is 51.4 Å². The Morgan fingerprint density at radius 2 is 0.365 bits per heavy atom. The summed E-state index contributed by atoms with van der Waals surface area (Å²) >= 11 is 0. The molecule has 0 N–H and O–H groups in total. The lowest BCUT2D eigenvalue weighted by atomic mass is 10.0. The number of esters is 6. The van der Waals surface area contributed by atoms with Gasteiger partial charge in [0.25, 0.3) is 0 Å². The summed E-state index contributed by atoms with van der Waals surface area (Å²) in [6, 6.07) is 0. The minimum atomic E-state index is -0.855. The molecule has 0 aromatic heterocycles. The van der Waals surface area contributed by atoms with Crippen LogP contribution in [0.25, 0.3) is 0 Å². The lowest BCUT2D eigenvalue weighted by molar-refractivity contribution is -0.176. The van der Waals surface area contributed by atoms with Gasteiger partial charge in [0.05, 0.1) is 0 Å². The van der Waals surface area contributed by atoms with Crippen LogP contribution in [0.1, 0.15) is 465 Å². The third kappa shape index (κ3) is 69.3. The second-order valence-electron chi connectivity index (χ2n) is 29.0. The van der Waals surface area contributed by atoms with Gasteiger partial charge in [0.2, 0.25) is 0 Å².